The molecule has 3 N–H and O–H groups in total. The van der Waals surface area contributed by atoms with Crippen molar-refractivity contribution in [1.82, 2.24) is 0 Å². The molecular formula is C12H16N2O2. The molecule has 1 aromatic carbocycles. The number of carbonyl (C=O) groups is 1. The first-order valence-corrected chi connectivity index (χ1v) is 5.31. The zero-order valence-electron chi connectivity index (χ0n) is 9.32. The first-order valence-electron chi connectivity index (χ1n) is 5.31. The number of hydrogen-bond acceptors (Lipinski definition) is 3. The molecule has 1 fully saturated rings. The maximum absolute atomic E-state index is 11.7. The van der Waals surface area contributed by atoms with Gasteiger partial charge >= 0.3 is 0 Å². The normalized spacial score (nSPS) is 17.6. The summed E-state index contributed by atoms with van der Waals surface area (Å²) in [7, 11) is 0. The molecule has 0 unspecified atom stereocenters. The lowest BCUT2D eigenvalue weighted by atomic mass is 9.94. The standard InChI is InChI=1S/C12H16N2O2/c1-9-3-2-4-10(5-9)14-11(15)6-12(13)7-16-8-12/h2-5H,6-8,13H2,1H3,(H,14,15). The van der Waals surface area contributed by atoms with Crippen molar-refractivity contribution in [2.75, 3.05) is 18.5 Å². The van der Waals surface area contributed by atoms with Gasteiger partial charge in [0.05, 0.1) is 18.8 Å². The van der Waals surface area contributed by atoms with Gasteiger partial charge in [-0.3, -0.25) is 4.79 Å². The molecule has 0 spiro atoms. The van der Waals surface area contributed by atoms with E-state index in [1.807, 2.05) is 31.2 Å². The Morgan fingerprint density at radius 1 is 1.56 bits per heavy atom. The largest absolute Gasteiger partial charge is 0.377 e. The van der Waals surface area contributed by atoms with E-state index in [1.54, 1.807) is 0 Å². The van der Waals surface area contributed by atoms with Crippen molar-refractivity contribution in [3.8, 4) is 0 Å². The van der Waals surface area contributed by atoms with Crippen LogP contribution in [0.4, 0.5) is 5.69 Å². The van der Waals surface area contributed by atoms with E-state index in [-0.39, 0.29) is 5.91 Å². The van der Waals surface area contributed by atoms with Crippen LogP contribution in [-0.4, -0.2) is 24.7 Å². The predicted octanol–water partition coefficient (Wildman–Crippen LogP) is 1.05. The third-order valence-electron chi connectivity index (χ3n) is 2.59. The second-order valence-corrected chi connectivity index (χ2v) is 4.45. The number of aryl methyl sites for hydroxylation is 1. The average Bonchev–Trinajstić information content (AvgIpc) is 2.15. The highest BCUT2D eigenvalue weighted by molar-refractivity contribution is 5.91. The van der Waals surface area contributed by atoms with Crippen LogP contribution in [0.3, 0.4) is 0 Å². The Morgan fingerprint density at radius 3 is 2.88 bits per heavy atom. The molecule has 0 aliphatic carbocycles. The van der Waals surface area contributed by atoms with Crippen LogP contribution < -0.4 is 11.1 Å². The Balaban J connectivity index is 1.92. The molecule has 2 rings (SSSR count). The highest BCUT2D eigenvalue weighted by Crippen LogP contribution is 2.19. The number of rotatable bonds is 3. The van der Waals surface area contributed by atoms with E-state index in [0.29, 0.717) is 19.6 Å². The Kier molecular flexibility index (Phi) is 2.94. The van der Waals surface area contributed by atoms with Crippen LogP contribution in [0.5, 0.6) is 0 Å². The van der Waals surface area contributed by atoms with Gasteiger partial charge in [0, 0.05) is 12.1 Å². The molecule has 1 heterocycles. The molecule has 0 radical (unpaired) electrons. The van der Waals surface area contributed by atoms with E-state index < -0.39 is 5.54 Å². The molecule has 1 aromatic rings. The smallest absolute Gasteiger partial charge is 0.226 e. The second-order valence-electron chi connectivity index (χ2n) is 4.45. The SMILES string of the molecule is Cc1cccc(NC(=O)CC2(N)COC2)c1. The number of carbonyl (C=O) groups excluding carboxylic acids is 1. The molecule has 0 aromatic heterocycles. The summed E-state index contributed by atoms with van der Waals surface area (Å²) in [6.07, 6.45) is 0.306. The summed E-state index contributed by atoms with van der Waals surface area (Å²) in [6.45, 7) is 2.92. The molecule has 16 heavy (non-hydrogen) atoms. The van der Waals surface area contributed by atoms with E-state index in [9.17, 15) is 4.79 Å². The van der Waals surface area contributed by atoms with Crippen LogP contribution in [-0.2, 0) is 9.53 Å². The molecular weight excluding hydrogens is 204 g/mol. The summed E-state index contributed by atoms with van der Waals surface area (Å²) >= 11 is 0. The maximum atomic E-state index is 11.7. The zero-order valence-corrected chi connectivity index (χ0v) is 9.32. The van der Waals surface area contributed by atoms with Crippen molar-refractivity contribution in [3.05, 3.63) is 29.8 Å². The summed E-state index contributed by atoms with van der Waals surface area (Å²) in [5, 5.41) is 2.83. The van der Waals surface area contributed by atoms with Crippen LogP contribution in [0.25, 0.3) is 0 Å². The molecule has 0 saturated carbocycles. The number of nitrogens with one attached hydrogen (secondary N) is 1. The van der Waals surface area contributed by atoms with Crippen LogP contribution in [0, 0.1) is 6.92 Å². The highest BCUT2D eigenvalue weighted by Gasteiger charge is 2.36. The van der Waals surface area contributed by atoms with Crippen molar-refractivity contribution in [1.29, 1.82) is 0 Å². The Hall–Kier alpha value is -1.39. The van der Waals surface area contributed by atoms with E-state index in [1.165, 1.54) is 0 Å². The molecule has 1 amide bonds. The minimum atomic E-state index is -0.464. The molecule has 1 aliphatic heterocycles. The fourth-order valence-corrected chi connectivity index (χ4v) is 1.71. The molecule has 86 valence electrons. The molecule has 0 atom stereocenters. The molecule has 1 aliphatic rings. The number of anilines is 1. The van der Waals surface area contributed by atoms with Crippen LogP contribution in [0.2, 0.25) is 0 Å². The van der Waals surface area contributed by atoms with Gasteiger partial charge in [-0.15, -0.1) is 0 Å². The van der Waals surface area contributed by atoms with Gasteiger partial charge in [-0.05, 0) is 24.6 Å². The Morgan fingerprint density at radius 2 is 2.31 bits per heavy atom. The van der Waals surface area contributed by atoms with E-state index in [0.717, 1.165) is 11.3 Å². The van der Waals surface area contributed by atoms with Gasteiger partial charge in [0.1, 0.15) is 0 Å². The first-order chi connectivity index (χ1) is 7.57. The lowest BCUT2D eigenvalue weighted by Gasteiger charge is -2.37. The minimum Gasteiger partial charge on any atom is -0.377 e. The van der Waals surface area contributed by atoms with Gasteiger partial charge in [0.2, 0.25) is 5.91 Å². The van der Waals surface area contributed by atoms with Crippen molar-refractivity contribution >= 4 is 11.6 Å². The van der Waals surface area contributed by atoms with Crippen LogP contribution >= 0.6 is 0 Å². The fraction of sp³-hybridized carbons (Fsp3) is 0.417. The summed E-state index contributed by atoms with van der Waals surface area (Å²) in [4.78, 5) is 11.7. The third-order valence-corrected chi connectivity index (χ3v) is 2.59. The summed E-state index contributed by atoms with van der Waals surface area (Å²) < 4.78 is 5.00. The van der Waals surface area contributed by atoms with E-state index in [2.05, 4.69) is 5.32 Å². The quantitative estimate of drug-likeness (QED) is 0.800. The highest BCUT2D eigenvalue weighted by atomic mass is 16.5. The number of ether oxygens (including phenoxy) is 1. The third kappa shape index (κ3) is 2.59. The Bertz CT molecular complexity index is 400. The first kappa shape index (κ1) is 11.1. The predicted molar refractivity (Wildman–Crippen MR) is 62.2 cm³/mol. The van der Waals surface area contributed by atoms with Gasteiger partial charge in [-0.25, -0.2) is 0 Å². The Labute approximate surface area is 94.8 Å². The monoisotopic (exact) mass is 220 g/mol. The number of nitrogens with two attached hydrogens (primary N) is 1. The zero-order chi connectivity index (χ0) is 11.6. The summed E-state index contributed by atoms with van der Waals surface area (Å²) in [6, 6.07) is 7.69. The van der Waals surface area contributed by atoms with Crippen molar-refractivity contribution in [2.24, 2.45) is 5.73 Å². The molecule has 0 bridgehead atoms. The molecule has 1 saturated heterocycles. The van der Waals surface area contributed by atoms with Crippen LogP contribution in [0.1, 0.15) is 12.0 Å². The van der Waals surface area contributed by atoms with Gasteiger partial charge in [0.15, 0.2) is 0 Å². The molecule has 4 nitrogen and oxygen atoms in total. The maximum Gasteiger partial charge on any atom is 0.226 e. The fourth-order valence-electron chi connectivity index (χ4n) is 1.71. The lowest BCUT2D eigenvalue weighted by Crippen LogP contribution is -2.58. The van der Waals surface area contributed by atoms with Gasteiger partial charge < -0.3 is 15.8 Å². The minimum absolute atomic E-state index is 0.0589. The van der Waals surface area contributed by atoms with E-state index in [4.69, 9.17) is 10.5 Å². The average molecular weight is 220 g/mol. The topological polar surface area (TPSA) is 64.4 Å². The van der Waals surface area contributed by atoms with Crippen molar-refractivity contribution in [3.63, 3.8) is 0 Å². The number of amides is 1. The van der Waals surface area contributed by atoms with Gasteiger partial charge in [-0.1, -0.05) is 12.1 Å². The lowest BCUT2D eigenvalue weighted by molar-refractivity contribution is -0.123. The molecule has 4 heteroatoms. The number of benzene rings is 1. The second kappa shape index (κ2) is 4.23. The van der Waals surface area contributed by atoms with Crippen molar-refractivity contribution in [2.45, 2.75) is 18.9 Å². The number of hydrogen-bond donors (Lipinski definition) is 2. The summed E-state index contributed by atoms with van der Waals surface area (Å²) in [5.74, 6) is -0.0589. The van der Waals surface area contributed by atoms with E-state index >= 15 is 0 Å². The summed E-state index contributed by atoms with van der Waals surface area (Å²) in [5.41, 5.74) is 7.37. The van der Waals surface area contributed by atoms with Crippen LogP contribution in [0.15, 0.2) is 24.3 Å². The van der Waals surface area contributed by atoms with Gasteiger partial charge in [0.25, 0.3) is 0 Å². The van der Waals surface area contributed by atoms with Gasteiger partial charge in [-0.2, -0.15) is 0 Å². The van der Waals surface area contributed by atoms with Crippen molar-refractivity contribution < 1.29 is 9.53 Å².